The second-order valence-corrected chi connectivity index (χ2v) is 8.04. The highest BCUT2D eigenvalue weighted by atomic mass is 14.4. The van der Waals surface area contributed by atoms with Gasteiger partial charge in [0.25, 0.3) is 0 Å². The van der Waals surface area contributed by atoms with Gasteiger partial charge in [0, 0.05) is 0 Å². The van der Waals surface area contributed by atoms with Crippen LogP contribution in [0.2, 0.25) is 0 Å². The van der Waals surface area contributed by atoms with Crippen molar-refractivity contribution in [3.05, 3.63) is 34.9 Å². The lowest BCUT2D eigenvalue weighted by Crippen LogP contribution is -2.24. The molecule has 102 valence electrons. The number of benzene rings is 1. The van der Waals surface area contributed by atoms with Crippen LogP contribution >= 0.6 is 0 Å². The molecule has 0 saturated heterocycles. The van der Waals surface area contributed by atoms with Crippen LogP contribution in [0.15, 0.2) is 18.2 Å². The topological polar surface area (TPSA) is 0 Å². The Hall–Kier alpha value is -0.780. The molecular weight excluding hydrogens is 216 g/mol. The van der Waals surface area contributed by atoms with Gasteiger partial charge in [0.15, 0.2) is 0 Å². The molecule has 1 atom stereocenters. The zero-order valence-electron chi connectivity index (χ0n) is 13.5. The predicted octanol–water partition coefficient (Wildman–Crippen LogP) is 5.87. The number of hydrogen-bond acceptors (Lipinski definition) is 0. The van der Waals surface area contributed by atoms with Gasteiger partial charge in [0.1, 0.15) is 0 Å². The van der Waals surface area contributed by atoms with Crippen LogP contribution in [0.3, 0.4) is 0 Å². The van der Waals surface area contributed by atoms with Gasteiger partial charge in [-0.2, -0.15) is 0 Å². The lowest BCUT2D eigenvalue weighted by Gasteiger charge is -2.37. The summed E-state index contributed by atoms with van der Waals surface area (Å²) in [6, 6.07) is 6.91. The van der Waals surface area contributed by atoms with E-state index in [1.165, 1.54) is 23.1 Å². The van der Waals surface area contributed by atoms with E-state index in [0.29, 0.717) is 16.7 Å². The predicted molar refractivity (Wildman–Crippen MR) is 82.2 cm³/mol. The second kappa shape index (κ2) is 5.07. The van der Waals surface area contributed by atoms with E-state index in [1.807, 2.05) is 0 Å². The lowest BCUT2D eigenvalue weighted by molar-refractivity contribution is 0.228. The van der Waals surface area contributed by atoms with Gasteiger partial charge in [-0.25, -0.2) is 0 Å². The van der Waals surface area contributed by atoms with E-state index < -0.39 is 0 Å². The van der Waals surface area contributed by atoms with E-state index in [1.54, 1.807) is 0 Å². The number of hydrogen-bond donors (Lipinski definition) is 0. The summed E-state index contributed by atoms with van der Waals surface area (Å²) in [4.78, 5) is 0. The minimum absolute atomic E-state index is 0.313. The van der Waals surface area contributed by atoms with Crippen molar-refractivity contribution in [2.24, 2.45) is 10.8 Å². The standard InChI is InChI=1S/C18H30/c1-13-9-10-15(14(2)11-13)16(18(6,7)8)12-17(3,4)5/h9-11,16H,12H2,1-8H3. The molecule has 0 aliphatic rings. The van der Waals surface area contributed by atoms with Gasteiger partial charge in [-0.05, 0) is 48.1 Å². The number of rotatable bonds is 2. The fourth-order valence-corrected chi connectivity index (χ4v) is 2.71. The van der Waals surface area contributed by atoms with Crippen LogP contribution in [0.4, 0.5) is 0 Å². The Morgan fingerprint density at radius 1 is 0.944 bits per heavy atom. The smallest absolute Gasteiger partial charge is 0.0106 e. The molecule has 0 nitrogen and oxygen atoms in total. The van der Waals surface area contributed by atoms with Gasteiger partial charge in [-0.15, -0.1) is 0 Å². The van der Waals surface area contributed by atoms with Crippen LogP contribution in [-0.2, 0) is 0 Å². The second-order valence-electron chi connectivity index (χ2n) is 8.04. The molecule has 1 aromatic rings. The number of aryl methyl sites for hydroxylation is 2. The average molecular weight is 246 g/mol. The summed E-state index contributed by atoms with van der Waals surface area (Å²) in [6.45, 7) is 18.5. The molecular formula is C18H30. The molecule has 18 heavy (non-hydrogen) atoms. The first-order chi connectivity index (χ1) is 8.00. The molecule has 0 heterocycles. The van der Waals surface area contributed by atoms with Crippen LogP contribution < -0.4 is 0 Å². The van der Waals surface area contributed by atoms with Crippen LogP contribution in [-0.4, -0.2) is 0 Å². The summed E-state index contributed by atoms with van der Waals surface area (Å²) in [6.07, 6.45) is 1.24. The highest BCUT2D eigenvalue weighted by Gasteiger charge is 2.31. The van der Waals surface area contributed by atoms with E-state index >= 15 is 0 Å². The molecule has 1 unspecified atom stereocenters. The Morgan fingerprint density at radius 2 is 1.50 bits per heavy atom. The molecule has 0 radical (unpaired) electrons. The third-order valence-corrected chi connectivity index (χ3v) is 3.66. The van der Waals surface area contributed by atoms with Gasteiger partial charge in [-0.1, -0.05) is 65.3 Å². The first-order valence-corrected chi connectivity index (χ1v) is 7.08. The molecule has 0 bridgehead atoms. The molecule has 0 N–H and O–H groups in total. The maximum absolute atomic E-state index is 2.36. The van der Waals surface area contributed by atoms with Gasteiger partial charge in [-0.3, -0.25) is 0 Å². The summed E-state index contributed by atoms with van der Waals surface area (Å²) < 4.78 is 0. The van der Waals surface area contributed by atoms with E-state index in [-0.39, 0.29) is 0 Å². The first kappa shape index (κ1) is 15.3. The highest BCUT2D eigenvalue weighted by Crippen LogP contribution is 2.44. The first-order valence-electron chi connectivity index (χ1n) is 7.08. The minimum atomic E-state index is 0.313. The van der Waals surface area contributed by atoms with Crippen molar-refractivity contribution in [1.29, 1.82) is 0 Å². The Labute approximate surface area is 114 Å². The van der Waals surface area contributed by atoms with Crippen LogP contribution in [0.1, 0.15) is 70.6 Å². The normalized spacial score (nSPS) is 14.7. The van der Waals surface area contributed by atoms with Crippen molar-refractivity contribution in [3.63, 3.8) is 0 Å². The summed E-state index contributed by atoms with van der Waals surface area (Å²) in [5, 5.41) is 0. The van der Waals surface area contributed by atoms with E-state index in [4.69, 9.17) is 0 Å². The summed E-state index contributed by atoms with van der Waals surface area (Å²) in [5.41, 5.74) is 5.02. The Kier molecular flexibility index (Phi) is 4.30. The van der Waals surface area contributed by atoms with E-state index in [9.17, 15) is 0 Å². The van der Waals surface area contributed by atoms with Gasteiger partial charge >= 0.3 is 0 Å². The van der Waals surface area contributed by atoms with Gasteiger partial charge in [0.05, 0.1) is 0 Å². The molecule has 1 rings (SSSR count). The van der Waals surface area contributed by atoms with Crippen molar-refractivity contribution in [3.8, 4) is 0 Å². The molecule has 1 aromatic carbocycles. The summed E-state index contributed by atoms with van der Waals surface area (Å²) in [5.74, 6) is 0.623. The quantitative estimate of drug-likeness (QED) is 0.612. The fourth-order valence-electron chi connectivity index (χ4n) is 2.71. The molecule has 0 aliphatic heterocycles. The molecule has 0 saturated carbocycles. The van der Waals surface area contributed by atoms with Crippen molar-refractivity contribution in [2.75, 3.05) is 0 Å². The molecule has 0 heteroatoms. The van der Waals surface area contributed by atoms with Crippen LogP contribution in [0.25, 0.3) is 0 Å². The highest BCUT2D eigenvalue weighted by molar-refractivity contribution is 5.34. The van der Waals surface area contributed by atoms with Crippen molar-refractivity contribution < 1.29 is 0 Å². The van der Waals surface area contributed by atoms with Crippen molar-refractivity contribution in [2.45, 2.75) is 67.7 Å². The summed E-state index contributed by atoms with van der Waals surface area (Å²) >= 11 is 0. The van der Waals surface area contributed by atoms with Crippen molar-refractivity contribution >= 4 is 0 Å². The van der Waals surface area contributed by atoms with Crippen LogP contribution in [0, 0.1) is 24.7 Å². The Balaban J connectivity index is 3.18. The zero-order valence-corrected chi connectivity index (χ0v) is 13.5. The van der Waals surface area contributed by atoms with E-state index in [0.717, 1.165) is 0 Å². The van der Waals surface area contributed by atoms with Crippen LogP contribution in [0.5, 0.6) is 0 Å². The molecule has 0 fully saturated rings. The molecule has 0 aliphatic carbocycles. The monoisotopic (exact) mass is 246 g/mol. The van der Waals surface area contributed by atoms with E-state index in [2.05, 4.69) is 73.6 Å². The third kappa shape index (κ3) is 4.15. The average Bonchev–Trinajstić information content (AvgIpc) is 2.11. The maximum Gasteiger partial charge on any atom is -0.0106 e. The Morgan fingerprint density at radius 3 is 1.89 bits per heavy atom. The minimum Gasteiger partial charge on any atom is -0.0602 e. The molecule has 0 amide bonds. The SMILES string of the molecule is Cc1ccc(C(CC(C)(C)C)C(C)(C)C)c(C)c1. The summed E-state index contributed by atoms with van der Waals surface area (Å²) in [7, 11) is 0. The lowest BCUT2D eigenvalue weighted by atomic mass is 9.68. The van der Waals surface area contributed by atoms with Gasteiger partial charge < -0.3 is 0 Å². The third-order valence-electron chi connectivity index (χ3n) is 3.66. The molecule has 0 spiro atoms. The largest absolute Gasteiger partial charge is 0.0602 e. The zero-order chi connectivity index (χ0) is 14.1. The van der Waals surface area contributed by atoms with Crippen molar-refractivity contribution in [1.82, 2.24) is 0 Å². The van der Waals surface area contributed by atoms with Gasteiger partial charge in [0.2, 0.25) is 0 Å². The fraction of sp³-hybridized carbons (Fsp3) is 0.667. The Bertz CT molecular complexity index is 399. The molecule has 0 aromatic heterocycles. The maximum atomic E-state index is 2.36.